The van der Waals surface area contributed by atoms with E-state index in [4.69, 9.17) is 0 Å². The van der Waals surface area contributed by atoms with Gasteiger partial charge in [-0.1, -0.05) is 0 Å². The van der Waals surface area contributed by atoms with Gasteiger partial charge in [0.05, 0.1) is 5.69 Å². The molecule has 0 saturated heterocycles. The Morgan fingerprint density at radius 2 is 2.15 bits per heavy atom. The number of aromatic nitrogens is 1. The highest BCUT2D eigenvalue weighted by Crippen LogP contribution is 2.25. The molecule has 0 spiro atoms. The maximum Gasteiger partial charge on any atom is 0.179 e. The number of rotatable bonds is 1. The summed E-state index contributed by atoms with van der Waals surface area (Å²) in [5.41, 5.74) is 3.08. The van der Waals surface area contributed by atoms with Gasteiger partial charge in [0.1, 0.15) is 0 Å². The Balaban J connectivity index is 2.62. The Hall–Kier alpha value is -1.38. The Morgan fingerprint density at radius 3 is 2.85 bits per heavy atom. The van der Waals surface area contributed by atoms with Crippen molar-refractivity contribution in [3.63, 3.8) is 0 Å². The molecule has 1 aliphatic carbocycles. The minimum absolute atomic E-state index is 0.137. The van der Waals surface area contributed by atoms with E-state index in [1.165, 1.54) is 0 Å². The average molecular weight is 177 g/mol. The maximum atomic E-state index is 11.4. The van der Waals surface area contributed by atoms with Gasteiger partial charge in [0.2, 0.25) is 0 Å². The SMILES string of the molecule is Cc1[nH]c2c(c1C=O)CCCC2=O. The van der Waals surface area contributed by atoms with E-state index in [-0.39, 0.29) is 5.78 Å². The van der Waals surface area contributed by atoms with Gasteiger partial charge in [0.15, 0.2) is 12.1 Å². The minimum Gasteiger partial charge on any atom is -0.355 e. The first-order valence-electron chi connectivity index (χ1n) is 4.44. The molecule has 0 amide bonds. The summed E-state index contributed by atoms with van der Waals surface area (Å²) in [7, 11) is 0. The number of hydrogen-bond acceptors (Lipinski definition) is 2. The van der Waals surface area contributed by atoms with Crippen LogP contribution in [-0.2, 0) is 6.42 Å². The number of carbonyl (C=O) groups excluding carboxylic acids is 2. The summed E-state index contributed by atoms with van der Waals surface area (Å²) in [6.07, 6.45) is 3.15. The maximum absolute atomic E-state index is 11.4. The molecule has 0 unspecified atom stereocenters. The van der Waals surface area contributed by atoms with E-state index in [0.29, 0.717) is 17.7 Å². The first-order valence-corrected chi connectivity index (χ1v) is 4.44. The molecule has 1 aliphatic rings. The van der Waals surface area contributed by atoms with Gasteiger partial charge < -0.3 is 4.98 Å². The number of aldehydes is 1. The van der Waals surface area contributed by atoms with E-state index in [9.17, 15) is 9.59 Å². The second-order valence-corrected chi connectivity index (χ2v) is 3.41. The summed E-state index contributed by atoms with van der Waals surface area (Å²) in [4.78, 5) is 25.1. The van der Waals surface area contributed by atoms with Gasteiger partial charge in [-0.2, -0.15) is 0 Å². The highest BCUT2D eigenvalue weighted by molar-refractivity contribution is 5.99. The Kier molecular flexibility index (Phi) is 1.79. The van der Waals surface area contributed by atoms with Gasteiger partial charge in [-0.3, -0.25) is 9.59 Å². The molecule has 0 aliphatic heterocycles. The monoisotopic (exact) mass is 177 g/mol. The van der Waals surface area contributed by atoms with Gasteiger partial charge in [0, 0.05) is 17.7 Å². The van der Waals surface area contributed by atoms with Crippen molar-refractivity contribution in [3.8, 4) is 0 Å². The van der Waals surface area contributed by atoms with Crippen LogP contribution in [-0.4, -0.2) is 17.1 Å². The first-order chi connectivity index (χ1) is 6.24. The molecule has 1 N–H and O–H groups in total. The summed E-state index contributed by atoms with van der Waals surface area (Å²) in [5.74, 6) is 0.137. The summed E-state index contributed by atoms with van der Waals surface area (Å²) < 4.78 is 0. The van der Waals surface area contributed by atoms with E-state index >= 15 is 0 Å². The van der Waals surface area contributed by atoms with Crippen LogP contribution in [0.15, 0.2) is 0 Å². The lowest BCUT2D eigenvalue weighted by Crippen LogP contribution is -2.10. The highest BCUT2D eigenvalue weighted by Gasteiger charge is 2.23. The number of hydrogen-bond donors (Lipinski definition) is 1. The van der Waals surface area contributed by atoms with Crippen LogP contribution in [0.1, 0.15) is 44.9 Å². The predicted octanol–water partition coefficient (Wildman–Crippen LogP) is 1.65. The van der Waals surface area contributed by atoms with Crippen LogP contribution in [0.3, 0.4) is 0 Å². The van der Waals surface area contributed by atoms with E-state index in [1.54, 1.807) is 0 Å². The number of carbonyl (C=O) groups is 2. The van der Waals surface area contributed by atoms with Crippen molar-refractivity contribution in [1.29, 1.82) is 0 Å². The molecule has 1 aromatic heterocycles. The third-order valence-corrected chi connectivity index (χ3v) is 2.57. The van der Waals surface area contributed by atoms with Crippen LogP contribution in [0.25, 0.3) is 0 Å². The normalized spacial score (nSPS) is 15.6. The smallest absolute Gasteiger partial charge is 0.179 e. The molecule has 0 bridgehead atoms. The quantitative estimate of drug-likeness (QED) is 0.663. The fourth-order valence-corrected chi connectivity index (χ4v) is 1.90. The van der Waals surface area contributed by atoms with Crippen molar-refractivity contribution in [2.24, 2.45) is 0 Å². The lowest BCUT2D eigenvalue weighted by Gasteiger charge is -2.09. The number of aryl methyl sites for hydroxylation is 1. The van der Waals surface area contributed by atoms with E-state index in [2.05, 4.69) is 4.98 Å². The molecule has 68 valence electrons. The zero-order valence-electron chi connectivity index (χ0n) is 7.52. The van der Waals surface area contributed by atoms with Crippen LogP contribution in [0.2, 0.25) is 0 Å². The fourth-order valence-electron chi connectivity index (χ4n) is 1.90. The molecule has 2 rings (SSSR count). The summed E-state index contributed by atoms with van der Waals surface area (Å²) in [6, 6.07) is 0. The molecule has 0 fully saturated rings. The van der Waals surface area contributed by atoms with Crippen LogP contribution in [0.4, 0.5) is 0 Å². The second-order valence-electron chi connectivity index (χ2n) is 3.41. The van der Waals surface area contributed by atoms with Crippen LogP contribution in [0, 0.1) is 6.92 Å². The number of Topliss-reactive ketones (excluding diaryl/α,β-unsaturated/α-hetero) is 1. The van der Waals surface area contributed by atoms with Crippen molar-refractivity contribution >= 4 is 12.1 Å². The summed E-state index contributed by atoms with van der Waals surface area (Å²) in [5, 5.41) is 0. The molecule has 0 atom stereocenters. The third-order valence-electron chi connectivity index (χ3n) is 2.57. The zero-order chi connectivity index (χ0) is 9.42. The molecule has 3 nitrogen and oxygen atoms in total. The van der Waals surface area contributed by atoms with Gasteiger partial charge in [-0.25, -0.2) is 0 Å². The molecule has 13 heavy (non-hydrogen) atoms. The van der Waals surface area contributed by atoms with Crippen molar-refractivity contribution in [3.05, 3.63) is 22.5 Å². The fraction of sp³-hybridized carbons (Fsp3) is 0.400. The lowest BCUT2D eigenvalue weighted by atomic mass is 9.94. The molecule has 0 radical (unpaired) electrons. The first kappa shape index (κ1) is 8.23. The van der Waals surface area contributed by atoms with Gasteiger partial charge in [-0.05, 0) is 25.3 Å². The highest BCUT2D eigenvalue weighted by atomic mass is 16.1. The Morgan fingerprint density at radius 1 is 1.38 bits per heavy atom. The number of aromatic amines is 1. The largest absolute Gasteiger partial charge is 0.355 e. The topological polar surface area (TPSA) is 49.9 Å². The average Bonchev–Trinajstić information content (AvgIpc) is 2.43. The summed E-state index contributed by atoms with van der Waals surface area (Å²) >= 11 is 0. The van der Waals surface area contributed by atoms with Gasteiger partial charge in [0.25, 0.3) is 0 Å². The molecule has 0 aromatic carbocycles. The van der Waals surface area contributed by atoms with E-state index in [0.717, 1.165) is 30.4 Å². The molecule has 1 heterocycles. The number of ketones is 1. The number of nitrogens with one attached hydrogen (secondary N) is 1. The number of H-pyrrole nitrogens is 1. The molecular weight excluding hydrogens is 166 g/mol. The van der Waals surface area contributed by atoms with E-state index in [1.807, 2.05) is 6.92 Å². The summed E-state index contributed by atoms with van der Waals surface area (Å²) in [6.45, 7) is 1.83. The molecule has 3 heteroatoms. The van der Waals surface area contributed by atoms with Crippen LogP contribution < -0.4 is 0 Å². The van der Waals surface area contributed by atoms with Crippen molar-refractivity contribution < 1.29 is 9.59 Å². The molecule has 1 aromatic rings. The van der Waals surface area contributed by atoms with Crippen LogP contribution >= 0.6 is 0 Å². The lowest BCUT2D eigenvalue weighted by molar-refractivity contribution is 0.0968. The molecular formula is C10H11NO2. The van der Waals surface area contributed by atoms with Gasteiger partial charge in [-0.15, -0.1) is 0 Å². The standard InChI is InChI=1S/C10H11NO2/c1-6-8(5-12)7-3-2-4-9(13)10(7)11-6/h5,11H,2-4H2,1H3. The van der Waals surface area contributed by atoms with Crippen molar-refractivity contribution in [1.82, 2.24) is 4.98 Å². The van der Waals surface area contributed by atoms with Crippen molar-refractivity contribution in [2.75, 3.05) is 0 Å². The van der Waals surface area contributed by atoms with E-state index < -0.39 is 0 Å². The minimum atomic E-state index is 0.137. The zero-order valence-corrected chi connectivity index (χ0v) is 7.52. The van der Waals surface area contributed by atoms with Crippen LogP contribution in [0.5, 0.6) is 0 Å². The predicted molar refractivity (Wildman–Crippen MR) is 48.2 cm³/mol. The molecule has 0 saturated carbocycles. The Labute approximate surface area is 76.1 Å². The Bertz CT molecular complexity index is 377. The second kappa shape index (κ2) is 2.83. The van der Waals surface area contributed by atoms with Crippen molar-refractivity contribution in [2.45, 2.75) is 26.2 Å². The third kappa shape index (κ3) is 1.11. The van der Waals surface area contributed by atoms with Gasteiger partial charge >= 0.3 is 0 Å². The number of fused-ring (bicyclic) bond motifs is 1.